The van der Waals surface area contributed by atoms with E-state index in [0.717, 1.165) is 5.56 Å². The Morgan fingerprint density at radius 2 is 1.37 bits per heavy atom. The van der Waals surface area contributed by atoms with E-state index in [4.69, 9.17) is 0 Å². The van der Waals surface area contributed by atoms with Gasteiger partial charge in [0.25, 0.3) is 0 Å². The number of carbonyl (C=O) groups is 1. The first-order valence-corrected chi connectivity index (χ1v) is 6.48. The van der Waals surface area contributed by atoms with Crippen molar-refractivity contribution in [1.82, 2.24) is 0 Å². The Balaban J connectivity index is 2.46. The number of ketones is 1. The van der Waals surface area contributed by atoms with Crippen molar-refractivity contribution in [2.24, 2.45) is 0 Å². The van der Waals surface area contributed by atoms with Crippen LogP contribution in [0, 0.1) is 11.3 Å². The van der Waals surface area contributed by atoms with E-state index < -0.39 is 0 Å². The Kier molecular flexibility index (Phi) is 4.27. The average molecular weight is 312 g/mol. The van der Waals surface area contributed by atoms with Gasteiger partial charge in [-0.2, -0.15) is 5.26 Å². The predicted octanol–water partition coefficient (Wildman–Crippen LogP) is 4.20. The number of allylic oxidation sites excluding steroid dienone is 2. The number of Topliss-reactive ketones (excluding diaryl/α,β-unsaturated/α-hetero) is 1. The number of rotatable bonds is 3. The van der Waals surface area contributed by atoms with Crippen LogP contribution in [0.25, 0.3) is 5.57 Å². The van der Waals surface area contributed by atoms with Gasteiger partial charge in [-0.3, -0.25) is 4.79 Å². The number of halogens is 1. The molecule has 0 amide bonds. The molecule has 2 nitrogen and oxygen atoms in total. The zero-order valence-electron chi connectivity index (χ0n) is 10.0. The highest BCUT2D eigenvalue weighted by Crippen LogP contribution is 2.25. The molecule has 2 aromatic rings. The molecular formula is C16H10BrNO. The minimum Gasteiger partial charge on any atom is -0.288 e. The monoisotopic (exact) mass is 311 g/mol. The van der Waals surface area contributed by atoms with E-state index in [1.54, 1.807) is 36.4 Å². The predicted molar refractivity (Wildman–Crippen MR) is 78.7 cm³/mol. The second-order valence-corrected chi connectivity index (χ2v) is 4.65. The van der Waals surface area contributed by atoms with Gasteiger partial charge in [0.1, 0.15) is 6.07 Å². The number of nitrogens with zero attached hydrogens (tertiary/aromatic N) is 1. The van der Waals surface area contributed by atoms with Gasteiger partial charge >= 0.3 is 0 Å². The standard InChI is InChI=1S/C16H10BrNO/c17-15(16(19)13-9-5-2-6-10-13)14(11-18)12-7-3-1-4-8-12/h1-10H/b15-14+. The molecule has 2 aromatic carbocycles. The largest absolute Gasteiger partial charge is 0.288 e. The van der Waals surface area contributed by atoms with E-state index >= 15 is 0 Å². The number of hydrogen-bond donors (Lipinski definition) is 0. The summed E-state index contributed by atoms with van der Waals surface area (Å²) in [6, 6.07) is 20.1. The van der Waals surface area contributed by atoms with E-state index in [2.05, 4.69) is 22.0 Å². The van der Waals surface area contributed by atoms with Crippen molar-refractivity contribution >= 4 is 27.3 Å². The van der Waals surface area contributed by atoms with Crippen molar-refractivity contribution in [3.05, 3.63) is 76.3 Å². The molecule has 0 aromatic heterocycles. The molecule has 0 N–H and O–H groups in total. The van der Waals surface area contributed by atoms with Crippen molar-refractivity contribution in [3.63, 3.8) is 0 Å². The van der Waals surface area contributed by atoms with Crippen molar-refractivity contribution in [2.45, 2.75) is 0 Å². The summed E-state index contributed by atoms with van der Waals surface area (Å²) in [6.45, 7) is 0. The van der Waals surface area contributed by atoms with Crippen LogP contribution in [0.5, 0.6) is 0 Å². The Morgan fingerprint density at radius 3 is 1.84 bits per heavy atom. The summed E-state index contributed by atoms with van der Waals surface area (Å²) in [5, 5.41) is 9.26. The van der Waals surface area contributed by atoms with Gasteiger partial charge in [0.05, 0.1) is 10.1 Å². The Hall–Kier alpha value is -2.18. The molecular weight excluding hydrogens is 302 g/mol. The Labute approximate surface area is 120 Å². The zero-order chi connectivity index (χ0) is 13.7. The molecule has 0 unspecified atom stereocenters. The molecule has 0 fully saturated rings. The molecule has 19 heavy (non-hydrogen) atoms. The first-order valence-electron chi connectivity index (χ1n) is 5.69. The smallest absolute Gasteiger partial charge is 0.201 e. The second kappa shape index (κ2) is 6.12. The van der Waals surface area contributed by atoms with Gasteiger partial charge in [0, 0.05) is 5.56 Å². The third kappa shape index (κ3) is 2.98. The molecule has 92 valence electrons. The maximum absolute atomic E-state index is 12.3. The molecule has 3 heteroatoms. The van der Waals surface area contributed by atoms with E-state index in [1.165, 1.54) is 0 Å². The van der Waals surface area contributed by atoms with Gasteiger partial charge in [-0.1, -0.05) is 60.7 Å². The highest BCUT2D eigenvalue weighted by molar-refractivity contribution is 9.12. The molecule has 0 spiro atoms. The number of hydrogen-bond acceptors (Lipinski definition) is 2. The Bertz CT molecular complexity index is 654. The van der Waals surface area contributed by atoms with Crippen LogP contribution in [0.3, 0.4) is 0 Å². The molecule has 0 saturated heterocycles. The quantitative estimate of drug-likeness (QED) is 0.484. The molecule has 0 heterocycles. The van der Waals surface area contributed by atoms with Crippen LogP contribution >= 0.6 is 15.9 Å². The lowest BCUT2D eigenvalue weighted by molar-refractivity contribution is 0.104. The van der Waals surface area contributed by atoms with Gasteiger partial charge in [-0.25, -0.2) is 0 Å². The van der Waals surface area contributed by atoms with Crippen LogP contribution in [-0.2, 0) is 0 Å². The van der Waals surface area contributed by atoms with Crippen LogP contribution in [0.15, 0.2) is 65.1 Å². The summed E-state index contributed by atoms with van der Waals surface area (Å²) in [4.78, 5) is 12.3. The summed E-state index contributed by atoms with van der Waals surface area (Å²) in [5.74, 6) is -0.194. The highest BCUT2D eigenvalue weighted by Gasteiger charge is 2.15. The van der Waals surface area contributed by atoms with Gasteiger partial charge in [0.2, 0.25) is 5.78 Å². The maximum atomic E-state index is 12.3. The third-order valence-corrected chi connectivity index (χ3v) is 3.39. The molecule has 2 rings (SSSR count). The van der Waals surface area contributed by atoms with Gasteiger partial charge in [-0.15, -0.1) is 0 Å². The van der Waals surface area contributed by atoms with Crippen molar-refractivity contribution in [1.29, 1.82) is 5.26 Å². The molecule has 0 radical (unpaired) electrons. The lowest BCUT2D eigenvalue weighted by Gasteiger charge is -2.04. The molecule has 0 aliphatic heterocycles. The fourth-order valence-corrected chi connectivity index (χ4v) is 2.22. The average Bonchev–Trinajstić information content (AvgIpc) is 2.49. The number of benzene rings is 2. The molecule has 0 aliphatic carbocycles. The first-order chi connectivity index (χ1) is 9.24. The van der Waals surface area contributed by atoms with Crippen LogP contribution in [0.4, 0.5) is 0 Å². The summed E-state index contributed by atoms with van der Waals surface area (Å²) in [6.07, 6.45) is 0. The van der Waals surface area contributed by atoms with Crippen LogP contribution in [0.2, 0.25) is 0 Å². The van der Waals surface area contributed by atoms with E-state index in [0.29, 0.717) is 11.1 Å². The fraction of sp³-hybridized carbons (Fsp3) is 0. The van der Waals surface area contributed by atoms with E-state index in [1.807, 2.05) is 24.3 Å². The summed E-state index contributed by atoms with van der Waals surface area (Å²) in [5.41, 5.74) is 1.62. The lowest BCUT2D eigenvalue weighted by Crippen LogP contribution is -2.00. The topological polar surface area (TPSA) is 40.9 Å². The SMILES string of the molecule is N#C/C(=C(\Br)C(=O)c1ccccc1)c1ccccc1. The molecule has 0 bridgehead atoms. The highest BCUT2D eigenvalue weighted by atomic mass is 79.9. The van der Waals surface area contributed by atoms with Crippen LogP contribution < -0.4 is 0 Å². The zero-order valence-corrected chi connectivity index (χ0v) is 11.6. The van der Waals surface area contributed by atoms with Crippen molar-refractivity contribution < 1.29 is 4.79 Å². The summed E-state index contributed by atoms with van der Waals surface area (Å²) in [7, 11) is 0. The van der Waals surface area contributed by atoms with Gasteiger partial charge < -0.3 is 0 Å². The van der Waals surface area contributed by atoms with E-state index in [-0.39, 0.29) is 10.3 Å². The number of nitriles is 1. The third-order valence-electron chi connectivity index (χ3n) is 2.63. The molecule has 0 atom stereocenters. The summed E-state index contributed by atoms with van der Waals surface area (Å²) < 4.78 is 0.285. The van der Waals surface area contributed by atoms with Crippen LogP contribution in [0.1, 0.15) is 15.9 Å². The second-order valence-electron chi connectivity index (χ2n) is 3.86. The lowest BCUT2D eigenvalue weighted by atomic mass is 10.0. The first kappa shape index (κ1) is 13.3. The molecule has 0 saturated carbocycles. The number of carbonyl (C=O) groups excluding carboxylic acids is 1. The maximum Gasteiger partial charge on any atom is 0.201 e. The minimum absolute atomic E-state index is 0.194. The Morgan fingerprint density at radius 1 is 0.895 bits per heavy atom. The van der Waals surface area contributed by atoms with Gasteiger partial charge in [0.15, 0.2) is 0 Å². The summed E-state index contributed by atoms with van der Waals surface area (Å²) >= 11 is 3.25. The normalized spacial score (nSPS) is 11.4. The fourth-order valence-electron chi connectivity index (χ4n) is 1.67. The minimum atomic E-state index is -0.194. The van der Waals surface area contributed by atoms with Gasteiger partial charge in [-0.05, 0) is 21.5 Å². The van der Waals surface area contributed by atoms with E-state index in [9.17, 15) is 10.1 Å². The van der Waals surface area contributed by atoms with Crippen molar-refractivity contribution in [2.75, 3.05) is 0 Å². The van der Waals surface area contributed by atoms with Crippen LogP contribution in [-0.4, -0.2) is 5.78 Å². The van der Waals surface area contributed by atoms with Crippen molar-refractivity contribution in [3.8, 4) is 6.07 Å². The molecule has 0 aliphatic rings.